The summed E-state index contributed by atoms with van der Waals surface area (Å²) in [7, 11) is 0. The van der Waals surface area contributed by atoms with Crippen LogP contribution in [0.2, 0.25) is 0 Å². The minimum absolute atomic E-state index is 0.0572. The molecule has 0 aliphatic carbocycles. The number of hydrogen-bond donors (Lipinski definition) is 3. The van der Waals surface area contributed by atoms with Gasteiger partial charge in [-0.25, -0.2) is 0 Å². The van der Waals surface area contributed by atoms with Gasteiger partial charge in [0.2, 0.25) is 0 Å². The molecule has 35 heavy (non-hydrogen) atoms. The van der Waals surface area contributed by atoms with E-state index in [-0.39, 0.29) is 11.7 Å². The van der Waals surface area contributed by atoms with E-state index in [4.69, 9.17) is 26.4 Å². The fourth-order valence-corrected chi connectivity index (χ4v) is 3.13. The van der Waals surface area contributed by atoms with Crippen LogP contribution in [0.5, 0.6) is 11.5 Å². The van der Waals surface area contributed by atoms with E-state index in [9.17, 15) is 9.59 Å². The number of thiocarbonyl (C=S) groups is 1. The third-order valence-corrected chi connectivity index (χ3v) is 4.87. The number of nitrogens with one attached hydrogen (secondary N) is 3. The van der Waals surface area contributed by atoms with E-state index >= 15 is 0 Å². The van der Waals surface area contributed by atoms with E-state index in [0.717, 1.165) is 11.1 Å². The predicted octanol–water partition coefficient (Wildman–Crippen LogP) is 3.48. The number of hydrazine groups is 1. The monoisotopic (exact) mass is 493 g/mol. The highest BCUT2D eigenvalue weighted by atomic mass is 32.1. The third kappa shape index (κ3) is 8.73. The molecule has 3 aromatic carbocycles. The van der Waals surface area contributed by atoms with Crippen molar-refractivity contribution in [2.75, 3.05) is 26.4 Å². The Morgan fingerprint density at radius 3 is 2.29 bits per heavy atom. The summed E-state index contributed by atoms with van der Waals surface area (Å²) in [5.41, 5.74) is 7.38. The molecule has 0 radical (unpaired) electrons. The Morgan fingerprint density at radius 1 is 0.800 bits per heavy atom. The quantitative estimate of drug-likeness (QED) is 0.226. The molecule has 0 saturated heterocycles. The van der Waals surface area contributed by atoms with E-state index in [1.807, 2.05) is 49.4 Å². The molecule has 0 bridgehead atoms. The molecule has 9 heteroatoms. The van der Waals surface area contributed by atoms with Crippen molar-refractivity contribution < 1.29 is 23.8 Å². The lowest BCUT2D eigenvalue weighted by Crippen LogP contribution is -2.49. The number of ether oxygens (including phenoxy) is 3. The first-order valence-corrected chi connectivity index (χ1v) is 11.4. The number of benzene rings is 3. The van der Waals surface area contributed by atoms with Crippen molar-refractivity contribution in [1.82, 2.24) is 16.2 Å². The molecule has 0 heterocycles. The Bertz CT molecular complexity index is 1120. The van der Waals surface area contributed by atoms with Crippen molar-refractivity contribution in [2.45, 2.75) is 6.92 Å². The molecule has 3 N–H and O–H groups in total. The first kappa shape index (κ1) is 25.7. The van der Waals surface area contributed by atoms with Gasteiger partial charge in [-0.15, -0.1) is 0 Å². The predicted molar refractivity (Wildman–Crippen MR) is 137 cm³/mol. The normalized spacial score (nSPS) is 10.2. The minimum atomic E-state index is -0.460. The second-order valence-corrected chi connectivity index (χ2v) is 7.62. The molecule has 2 amide bonds. The molecule has 0 unspecified atom stereocenters. The molecule has 0 fully saturated rings. The third-order valence-electron chi connectivity index (χ3n) is 4.67. The summed E-state index contributed by atoms with van der Waals surface area (Å²) < 4.78 is 16.3. The van der Waals surface area contributed by atoms with Gasteiger partial charge in [0.1, 0.15) is 18.1 Å². The van der Waals surface area contributed by atoms with Crippen molar-refractivity contribution in [1.29, 1.82) is 0 Å². The van der Waals surface area contributed by atoms with Crippen molar-refractivity contribution in [3.63, 3.8) is 0 Å². The lowest BCUT2D eigenvalue weighted by molar-refractivity contribution is -0.123. The van der Waals surface area contributed by atoms with Gasteiger partial charge in [-0.1, -0.05) is 48.5 Å². The van der Waals surface area contributed by atoms with Gasteiger partial charge in [-0.05, 0) is 60.6 Å². The van der Waals surface area contributed by atoms with E-state index in [1.54, 1.807) is 36.4 Å². The molecule has 3 rings (SSSR count). The van der Waals surface area contributed by atoms with Gasteiger partial charge in [-0.2, -0.15) is 0 Å². The molecule has 3 aromatic rings. The smallest absolute Gasteiger partial charge is 0.276 e. The summed E-state index contributed by atoms with van der Waals surface area (Å²) in [6.45, 7) is 3.13. The van der Waals surface area contributed by atoms with Crippen LogP contribution in [0.3, 0.4) is 0 Å². The summed E-state index contributed by atoms with van der Waals surface area (Å²) >= 11 is 5.07. The number of amides is 2. The Labute approximate surface area is 209 Å². The van der Waals surface area contributed by atoms with Gasteiger partial charge in [0.25, 0.3) is 11.8 Å². The number of carbonyl (C=O) groups is 2. The zero-order chi connectivity index (χ0) is 24.9. The first-order chi connectivity index (χ1) is 17.0. The van der Waals surface area contributed by atoms with Crippen LogP contribution in [0.1, 0.15) is 17.3 Å². The molecule has 0 aliphatic heterocycles. The number of rotatable bonds is 10. The Kier molecular flexibility index (Phi) is 10.0. The average molecular weight is 494 g/mol. The maximum Gasteiger partial charge on any atom is 0.276 e. The fourth-order valence-electron chi connectivity index (χ4n) is 2.98. The van der Waals surface area contributed by atoms with Crippen LogP contribution in [0.4, 0.5) is 0 Å². The van der Waals surface area contributed by atoms with Gasteiger partial charge in [0.15, 0.2) is 11.7 Å². The van der Waals surface area contributed by atoms with E-state index < -0.39 is 11.8 Å². The second kappa shape index (κ2) is 13.7. The van der Waals surface area contributed by atoms with Gasteiger partial charge >= 0.3 is 0 Å². The standard InChI is InChI=1S/C26H27N3O5S/c1-2-32-15-16-33-23-10-6-9-21(17-23)25(31)27-26(35)29-28-24(30)18-34-22-13-11-20(12-14-22)19-7-4-3-5-8-19/h3-14,17H,2,15-16,18H2,1H3,(H,28,30)(H2,27,29,31,35). The largest absolute Gasteiger partial charge is 0.491 e. The molecule has 0 atom stereocenters. The molecular weight excluding hydrogens is 466 g/mol. The lowest BCUT2D eigenvalue weighted by atomic mass is 10.1. The molecule has 8 nitrogen and oxygen atoms in total. The number of carbonyl (C=O) groups excluding carboxylic acids is 2. The van der Waals surface area contributed by atoms with E-state index in [1.165, 1.54) is 0 Å². The van der Waals surface area contributed by atoms with Gasteiger partial charge in [0.05, 0.1) is 6.61 Å². The highest BCUT2D eigenvalue weighted by Gasteiger charge is 2.10. The molecular formula is C26H27N3O5S. The summed E-state index contributed by atoms with van der Waals surface area (Å²) in [6, 6.07) is 24.0. The van der Waals surface area contributed by atoms with E-state index in [2.05, 4.69) is 16.2 Å². The van der Waals surface area contributed by atoms with Crippen molar-refractivity contribution in [3.8, 4) is 22.6 Å². The maximum atomic E-state index is 12.4. The SMILES string of the molecule is CCOCCOc1cccc(C(=O)NC(=S)NNC(=O)COc2ccc(-c3ccccc3)cc2)c1. The molecule has 0 aliphatic rings. The van der Waals surface area contributed by atoms with Crippen LogP contribution < -0.4 is 25.6 Å². The van der Waals surface area contributed by atoms with Crippen LogP contribution >= 0.6 is 12.2 Å². The fraction of sp³-hybridized carbons (Fsp3) is 0.192. The molecule has 0 spiro atoms. The lowest BCUT2D eigenvalue weighted by Gasteiger charge is -2.12. The summed E-state index contributed by atoms with van der Waals surface area (Å²) in [6.07, 6.45) is 0. The van der Waals surface area contributed by atoms with Crippen LogP contribution in [0.15, 0.2) is 78.9 Å². The van der Waals surface area contributed by atoms with Crippen LogP contribution in [-0.4, -0.2) is 43.4 Å². The molecule has 0 saturated carbocycles. The molecule has 0 aromatic heterocycles. The zero-order valence-corrected chi connectivity index (χ0v) is 20.1. The average Bonchev–Trinajstić information content (AvgIpc) is 2.89. The van der Waals surface area contributed by atoms with Crippen LogP contribution in [0.25, 0.3) is 11.1 Å². The first-order valence-electron chi connectivity index (χ1n) is 11.0. The zero-order valence-electron chi connectivity index (χ0n) is 19.3. The van der Waals surface area contributed by atoms with Crippen molar-refractivity contribution in [3.05, 3.63) is 84.4 Å². The molecule has 182 valence electrons. The number of hydrogen-bond acceptors (Lipinski definition) is 6. The van der Waals surface area contributed by atoms with Crippen LogP contribution in [-0.2, 0) is 9.53 Å². The van der Waals surface area contributed by atoms with Gasteiger partial charge in [-0.3, -0.25) is 25.8 Å². The van der Waals surface area contributed by atoms with Crippen LogP contribution in [0, 0.1) is 0 Å². The Morgan fingerprint density at radius 2 is 1.54 bits per heavy atom. The summed E-state index contributed by atoms with van der Waals surface area (Å²) in [4.78, 5) is 24.5. The Balaban J connectivity index is 1.38. The van der Waals surface area contributed by atoms with Gasteiger partial charge in [0, 0.05) is 12.2 Å². The summed E-state index contributed by atoms with van der Waals surface area (Å²) in [5.74, 6) is 0.192. The maximum absolute atomic E-state index is 12.4. The van der Waals surface area contributed by atoms with Crippen molar-refractivity contribution >= 4 is 29.1 Å². The topological polar surface area (TPSA) is 97.9 Å². The van der Waals surface area contributed by atoms with E-state index in [0.29, 0.717) is 36.9 Å². The Hall–Kier alpha value is -3.95. The summed E-state index contributed by atoms with van der Waals surface area (Å²) in [5, 5.41) is 2.44. The second-order valence-electron chi connectivity index (χ2n) is 7.21. The minimum Gasteiger partial charge on any atom is -0.491 e. The van der Waals surface area contributed by atoms with Gasteiger partial charge < -0.3 is 14.2 Å². The van der Waals surface area contributed by atoms with Crippen molar-refractivity contribution in [2.24, 2.45) is 0 Å². The highest BCUT2D eigenvalue weighted by molar-refractivity contribution is 7.80. The highest BCUT2D eigenvalue weighted by Crippen LogP contribution is 2.22.